The van der Waals surface area contributed by atoms with E-state index in [2.05, 4.69) is 10.6 Å². The molecule has 2 aromatic rings. The SMILES string of the molecule is Cc1ccc(NC(=O)CS[C@H](C)C(=O)Nc2ccc(C)c(Cl)c2)cc1. The molecule has 0 aliphatic carbocycles. The molecular formula is C19H21ClN2O2S. The fourth-order valence-electron chi connectivity index (χ4n) is 2.02. The van der Waals surface area contributed by atoms with Crippen LogP contribution in [0.15, 0.2) is 42.5 Å². The Hall–Kier alpha value is -1.98. The minimum absolute atomic E-state index is 0.133. The van der Waals surface area contributed by atoms with E-state index in [1.54, 1.807) is 19.1 Å². The Kier molecular flexibility index (Phi) is 6.91. The Balaban J connectivity index is 1.81. The van der Waals surface area contributed by atoms with Crippen molar-refractivity contribution in [3.05, 3.63) is 58.6 Å². The second-order valence-corrected chi connectivity index (χ2v) is 7.56. The number of halogens is 1. The van der Waals surface area contributed by atoms with Gasteiger partial charge in [-0.2, -0.15) is 0 Å². The summed E-state index contributed by atoms with van der Waals surface area (Å²) in [7, 11) is 0. The molecular weight excluding hydrogens is 356 g/mol. The Morgan fingerprint density at radius 2 is 1.68 bits per heavy atom. The summed E-state index contributed by atoms with van der Waals surface area (Å²) >= 11 is 7.34. The summed E-state index contributed by atoms with van der Waals surface area (Å²) < 4.78 is 0. The summed E-state index contributed by atoms with van der Waals surface area (Å²) in [6.45, 7) is 5.66. The summed E-state index contributed by atoms with van der Waals surface area (Å²) in [5.74, 6) is -0.0862. The lowest BCUT2D eigenvalue weighted by molar-refractivity contribution is -0.115. The van der Waals surface area contributed by atoms with Gasteiger partial charge in [-0.25, -0.2) is 0 Å². The van der Waals surface area contributed by atoms with Gasteiger partial charge in [0.25, 0.3) is 0 Å². The quantitative estimate of drug-likeness (QED) is 0.771. The average molecular weight is 377 g/mol. The van der Waals surface area contributed by atoms with Crippen molar-refractivity contribution in [3.8, 4) is 0 Å². The largest absolute Gasteiger partial charge is 0.325 e. The first-order valence-corrected chi connectivity index (χ1v) is 9.33. The number of rotatable bonds is 6. The summed E-state index contributed by atoms with van der Waals surface area (Å²) in [6, 6.07) is 13.0. The maximum absolute atomic E-state index is 12.2. The summed E-state index contributed by atoms with van der Waals surface area (Å²) in [4.78, 5) is 24.2. The van der Waals surface area contributed by atoms with E-state index in [4.69, 9.17) is 11.6 Å². The highest BCUT2D eigenvalue weighted by Crippen LogP contribution is 2.21. The second-order valence-electron chi connectivity index (χ2n) is 5.82. The monoisotopic (exact) mass is 376 g/mol. The molecule has 0 bridgehead atoms. The lowest BCUT2D eigenvalue weighted by Crippen LogP contribution is -2.25. The molecule has 2 amide bonds. The molecule has 2 N–H and O–H groups in total. The average Bonchev–Trinajstić information content (AvgIpc) is 2.58. The number of hydrogen-bond acceptors (Lipinski definition) is 3. The fraction of sp³-hybridized carbons (Fsp3) is 0.263. The van der Waals surface area contributed by atoms with Gasteiger partial charge in [0.1, 0.15) is 0 Å². The van der Waals surface area contributed by atoms with Gasteiger partial charge in [-0.15, -0.1) is 11.8 Å². The predicted molar refractivity (Wildman–Crippen MR) is 107 cm³/mol. The molecule has 25 heavy (non-hydrogen) atoms. The van der Waals surface area contributed by atoms with Crippen LogP contribution in [-0.2, 0) is 9.59 Å². The molecule has 4 nitrogen and oxygen atoms in total. The molecule has 0 fully saturated rings. The van der Waals surface area contributed by atoms with Crippen LogP contribution in [0.1, 0.15) is 18.1 Å². The van der Waals surface area contributed by atoms with E-state index < -0.39 is 0 Å². The van der Waals surface area contributed by atoms with Crippen LogP contribution in [-0.4, -0.2) is 22.8 Å². The van der Waals surface area contributed by atoms with Gasteiger partial charge in [0, 0.05) is 16.4 Å². The van der Waals surface area contributed by atoms with E-state index >= 15 is 0 Å². The third kappa shape index (κ3) is 6.11. The number of carbonyl (C=O) groups is 2. The maximum Gasteiger partial charge on any atom is 0.237 e. The van der Waals surface area contributed by atoms with Gasteiger partial charge < -0.3 is 10.6 Å². The van der Waals surface area contributed by atoms with Gasteiger partial charge in [-0.1, -0.05) is 35.4 Å². The number of hydrogen-bond donors (Lipinski definition) is 2. The standard InChI is InChI=1S/C19H21ClN2O2S/c1-12-4-7-15(8-5-12)21-18(23)11-25-14(3)19(24)22-16-9-6-13(2)17(20)10-16/h4-10,14H,11H2,1-3H3,(H,21,23)(H,22,24)/t14-/m1/s1. The Labute approximate surface area is 157 Å². The van der Waals surface area contributed by atoms with Crippen molar-refractivity contribution >= 4 is 46.6 Å². The molecule has 2 aromatic carbocycles. The minimum Gasteiger partial charge on any atom is -0.325 e. The van der Waals surface area contributed by atoms with Crippen molar-refractivity contribution in [1.82, 2.24) is 0 Å². The van der Waals surface area contributed by atoms with E-state index in [0.29, 0.717) is 10.7 Å². The normalized spacial score (nSPS) is 11.7. The maximum atomic E-state index is 12.2. The number of nitrogens with one attached hydrogen (secondary N) is 2. The van der Waals surface area contributed by atoms with Gasteiger partial charge in [-0.3, -0.25) is 9.59 Å². The fourth-order valence-corrected chi connectivity index (χ4v) is 2.89. The number of amides is 2. The zero-order valence-electron chi connectivity index (χ0n) is 14.4. The van der Waals surface area contributed by atoms with E-state index in [9.17, 15) is 9.59 Å². The number of thioether (sulfide) groups is 1. The number of anilines is 2. The molecule has 0 saturated carbocycles. The first-order valence-electron chi connectivity index (χ1n) is 7.90. The Morgan fingerprint density at radius 3 is 2.32 bits per heavy atom. The van der Waals surface area contributed by atoms with Gasteiger partial charge in [0.05, 0.1) is 11.0 Å². The van der Waals surface area contributed by atoms with E-state index in [0.717, 1.165) is 16.8 Å². The predicted octanol–water partition coefficient (Wildman–Crippen LogP) is 4.66. The van der Waals surface area contributed by atoms with Crippen molar-refractivity contribution in [2.45, 2.75) is 26.0 Å². The molecule has 0 heterocycles. The summed E-state index contributed by atoms with van der Waals surface area (Å²) in [6.07, 6.45) is 0. The lowest BCUT2D eigenvalue weighted by Gasteiger charge is -2.13. The Bertz CT molecular complexity index is 763. The molecule has 0 unspecified atom stereocenters. The van der Waals surface area contributed by atoms with Crippen molar-refractivity contribution < 1.29 is 9.59 Å². The van der Waals surface area contributed by atoms with Crippen LogP contribution in [0.5, 0.6) is 0 Å². The van der Waals surface area contributed by atoms with Crippen molar-refractivity contribution in [2.75, 3.05) is 16.4 Å². The number of benzene rings is 2. The third-order valence-electron chi connectivity index (χ3n) is 3.61. The highest BCUT2D eigenvalue weighted by molar-refractivity contribution is 8.01. The van der Waals surface area contributed by atoms with Crippen molar-refractivity contribution in [1.29, 1.82) is 0 Å². The molecule has 132 valence electrons. The molecule has 2 rings (SSSR count). The molecule has 0 aliphatic rings. The highest BCUT2D eigenvalue weighted by Gasteiger charge is 2.16. The van der Waals surface area contributed by atoms with Crippen LogP contribution in [0.3, 0.4) is 0 Å². The summed E-state index contributed by atoms with van der Waals surface area (Å²) in [5, 5.41) is 5.88. The molecule has 0 aromatic heterocycles. The van der Waals surface area contributed by atoms with E-state index in [1.807, 2.05) is 44.2 Å². The van der Waals surface area contributed by atoms with Crippen molar-refractivity contribution in [2.24, 2.45) is 0 Å². The van der Waals surface area contributed by atoms with Crippen molar-refractivity contribution in [3.63, 3.8) is 0 Å². The lowest BCUT2D eigenvalue weighted by atomic mass is 10.2. The second kappa shape index (κ2) is 8.92. The zero-order chi connectivity index (χ0) is 18.4. The summed E-state index contributed by atoms with van der Waals surface area (Å²) in [5.41, 5.74) is 3.49. The van der Waals surface area contributed by atoms with E-state index in [-0.39, 0.29) is 22.8 Å². The van der Waals surface area contributed by atoms with Gasteiger partial charge in [0.15, 0.2) is 0 Å². The minimum atomic E-state index is -0.358. The first kappa shape index (κ1) is 19.3. The van der Waals surface area contributed by atoms with Gasteiger partial charge in [0.2, 0.25) is 11.8 Å². The van der Waals surface area contributed by atoms with Crippen LogP contribution in [0.4, 0.5) is 11.4 Å². The van der Waals surface area contributed by atoms with Crippen LogP contribution in [0.25, 0.3) is 0 Å². The molecule has 0 radical (unpaired) electrons. The molecule has 1 atom stereocenters. The van der Waals surface area contributed by atoms with Gasteiger partial charge in [-0.05, 0) is 50.6 Å². The van der Waals surface area contributed by atoms with Crippen LogP contribution >= 0.6 is 23.4 Å². The van der Waals surface area contributed by atoms with Crippen LogP contribution in [0.2, 0.25) is 5.02 Å². The smallest absolute Gasteiger partial charge is 0.237 e. The molecule has 0 saturated heterocycles. The molecule has 0 aliphatic heterocycles. The van der Waals surface area contributed by atoms with Crippen LogP contribution in [0, 0.1) is 13.8 Å². The van der Waals surface area contributed by atoms with Gasteiger partial charge >= 0.3 is 0 Å². The van der Waals surface area contributed by atoms with E-state index in [1.165, 1.54) is 11.8 Å². The number of aryl methyl sites for hydroxylation is 2. The Morgan fingerprint density at radius 1 is 1.04 bits per heavy atom. The highest BCUT2D eigenvalue weighted by atomic mass is 35.5. The topological polar surface area (TPSA) is 58.2 Å². The third-order valence-corrected chi connectivity index (χ3v) is 5.16. The molecule has 0 spiro atoms. The number of carbonyl (C=O) groups excluding carboxylic acids is 2. The zero-order valence-corrected chi connectivity index (χ0v) is 16.0. The first-order chi connectivity index (χ1) is 11.8. The molecule has 6 heteroatoms. The van der Waals surface area contributed by atoms with Crippen LogP contribution < -0.4 is 10.6 Å².